The minimum absolute atomic E-state index is 0.0369. The average Bonchev–Trinajstić information content (AvgIpc) is 3.11. The zero-order valence-electron chi connectivity index (χ0n) is 24.3. The summed E-state index contributed by atoms with van der Waals surface area (Å²) in [5.74, 6) is 0.133. The van der Waals surface area contributed by atoms with Gasteiger partial charge in [0.15, 0.2) is 0 Å². The highest BCUT2D eigenvalue weighted by Crippen LogP contribution is 2.33. The predicted octanol–water partition coefficient (Wildman–Crippen LogP) is 5.82. The molecule has 1 N–H and O–H groups in total. The van der Waals surface area contributed by atoms with Crippen molar-refractivity contribution in [2.45, 2.75) is 63.2 Å². The molecule has 1 saturated heterocycles. The second kappa shape index (κ2) is 15.2. The topological polar surface area (TPSA) is 67.9 Å². The van der Waals surface area contributed by atoms with Crippen LogP contribution in [0.15, 0.2) is 91.0 Å². The standard InChI is InChI=1S/C34H42N2O4S/c1-34(2,3)40-32(37)22-36-21-31(28-17-11-6-12-18-28)41-25-30(33(36)38)35-29(20-19-26-13-7-4-8-14-26)24-39-23-27-15-9-5-10-16-27/h4-18,29-31,35H,19-25H2,1-3H3. The van der Waals surface area contributed by atoms with Crippen LogP contribution in [0.25, 0.3) is 0 Å². The van der Waals surface area contributed by atoms with E-state index in [1.165, 1.54) is 5.56 Å². The van der Waals surface area contributed by atoms with E-state index >= 15 is 0 Å². The molecule has 7 heteroatoms. The van der Waals surface area contributed by atoms with Crippen LogP contribution in [0.5, 0.6) is 0 Å². The van der Waals surface area contributed by atoms with Crippen LogP contribution in [0.3, 0.4) is 0 Å². The number of aryl methyl sites for hydroxylation is 1. The van der Waals surface area contributed by atoms with Crippen LogP contribution in [0.2, 0.25) is 0 Å². The van der Waals surface area contributed by atoms with Gasteiger partial charge in [0.2, 0.25) is 5.91 Å². The zero-order chi connectivity index (χ0) is 29.1. The molecule has 6 nitrogen and oxygen atoms in total. The summed E-state index contributed by atoms with van der Waals surface area (Å²) in [6.45, 7) is 6.89. The normalized spacial score (nSPS) is 18.5. The molecule has 4 rings (SSSR count). The Morgan fingerprint density at radius 1 is 0.951 bits per heavy atom. The molecule has 3 aromatic rings. The highest BCUT2D eigenvalue weighted by molar-refractivity contribution is 7.99. The Kier molecular flexibility index (Phi) is 11.4. The van der Waals surface area contributed by atoms with Crippen LogP contribution < -0.4 is 5.32 Å². The molecule has 0 spiro atoms. The second-order valence-electron chi connectivity index (χ2n) is 11.5. The number of thioether (sulfide) groups is 1. The first-order chi connectivity index (χ1) is 19.8. The summed E-state index contributed by atoms with van der Waals surface area (Å²) in [5, 5.41) is 3.70. The Morgan fingerprint density at radius 3 is 2.20 bits per heavy atom. The van der Waals surface area contributed by atoms with Crippen molar-refractivity contribution in [3.8, 4) is 0 Å². The summed E-state index contributed by atoms with van der Waals surface area (Å²) < 4.78 is 11.7. The van der Waals surface area contributed by atoms with E-state index in [0.717, 1.165) is 24.0 Å². The minimum atomic E-state index is -0.615. The maximum absolute atomic E-state index is 13.9. The van der Waals surface area contributed by atoms with Gasteiger partial charge in [0, 0.05) is 23.6 Å². The Balaban J connectivity index is 1.49. The first-order valence-corrected chi connectivity index (χ1v) is 15.4. The molecule has 3 unspecified atom stereocenters. The quantitative estimate of drug-likeness (QED) is 0.275. The minimum Gasteiger partial charge on any atom is -0.459 e. The van der Waals surface area contributed by atoms with Gasteiger partial charge in [0.1, 0.15) is 12.1 Å². The highest BCUT2D eigenvalue weighted by Gasteiger charge is 2.35. The summed E-state index contributed by atoms with van der Waals surface area (Å²) in [7, 11) is 0. The van der Waals surface area contributed by atoms with Crippen LogP contribution in [0, 0.1) is 0 Å². The van der Waals surface area contributed by atoms with Gasteiger partial charge in [-0.1, -0.05) is 91.0 Å². The molecule has 0 aromatic heterocycles. The number of benzene rings is 3. The summed E-state index contributed by atoms with van der Waals surface area (Å²) in [6, 6.07) is 30.2. The van der Waals surface area contributed by atoms with Crippen LogP contribution in [-0.2, 0) is 32.1 Å². The van der Waals surface area contributed by atoms with Gasteiger partial charge >= 0.3 is 5.97 Å². The first kappa shape index (κ1) is 30.8. The average molecular weight is 575 g/mol. The maximum Gasteiger partial charge on any atom is 0.326 e. The Morgan fingerprint density at radius 2 is 1.56 bits per heavy atom. The summed E-state index contributed by atoms with van der Waals surface area (Å²) >= 11 is 1.75. The molecule has 218 valence electrons. The second-order valence-corrected chi connectivity index (χ2v) is 12.7. The van der Waals surface area contributed by atoms with E-state index < -0.39 is 17.6 Å². The molecule has 0 radical (unpaired) electrons. The van der Waals surface area contributed by atoms with Crippen molar-refractivity contribution < 1.29 is 19.1 Å². The van der Waals surface area contributed by atoms with Gasteiger partial charge in [-0.25, -0.2) is 0 Å². The number of rotatable bonds is 12. The van der Waals surface area contributed by atoms with E-state index in [0.29, 0.717) is 25.5 Å². The van der Waals surface area contributed by atoms with Crippen molar-refractivity contribution in [2.75, 3.05) is 25.4 Å². The number of carbonyl (C=O) groups is 2. The monoisotopic (exact) mass is 574 g/mol. The van der Waals surface area contributed by atoms with Gasteiger partial charge in [0.05, 0.1) is 19.3 Å². The molecule has 41 heavy (non-hydrogen) atoms. The number of nitrogens with zero attached hydrogens (tertiary/aromatic N) is 1. The van der Waals surface area contributed by atoms with Crippen molar-refractivity contribution in [1.29, 1.82) is 0 Å². The lowest BCUT2D eigenvalue weighted by Crippen LogP contribution is -2.53. The SMILES string of the molecule is CC(C)(C)OC(=O)CN1CC(c2ccccc2)SCC(NC(CCc2ccccc2)COCc2ccccc2)C1=O. The number of hydrogen-bond acceptors (Lipinski definition) is 6. The van der Waals surface area contributed by atoms with Crippen LogP contribution >= 0.6 is 11.8 Å². The Hall–Kier alpha value is -3.13. The van der Waals surface area contributed by atoms with E-state index in [9.17, 15) is 9.59 Å². The summed E-state index contributed by atoms with van der Waals surface area (Å²) in [5.41, 5.74) is 2.90. The lowest BCUT2D eigenvalue weighted by molar-refractivity contribution is -0.159. The molecule has 0 aliphatic carbocycles. The fraction of sp³-hybridized carbons (Fsp3) is 0.412. The molecule has 0 saturated carbocycles. The molecule has 3 aromatic carbocycles. The number of amides is 1. The van der Waals surface area contributed by atoms with Crippen LogP contribution in [-0.4, -0.2) is 59.9 Å². The van der Waals surface area contributed by atoms with Crippen molar-refractivity contribution in [3.63, 3.8) is 0 Å². The number of ether oxygens (including phenoxy) is 2. The van der Waals surface area contributed by atoms with Crippen LogP contribution in [0.1, 0.15) is 49.1 Å². The predicted molar refractivity (Wildman–Crippen MR) is 166 cm³/mol. The molecular weight excluding hydrogens is 532 g/mol. The van der Waals surface area contributed by atoms with Gasteiger partial charge in [-0.2, -0.15) is 0 Å². The number of esters is 1. The van der Waals surface area contributed by atoms with Crippen molar-refractivity contribution >= 4 is 23.6 Å². The van der Waals surface area contributed by atoms with E-state index in [2.05, 4.69) is 41.7 Å². The van der Waals surface area contributed by atoms with Gasteiger partial charge in [-0.05, 0) is 50.3 Å². The van der Waals surface area contributed by atoms with Crippen molar-refractivity contribution in [2.24, 2.45) is 0 Å². The van der Waals surface area contributed by atoms with E-state index in [-0.39, 0.29) is 23.7 Å². The van der Waals surface area contributed by atoms with Crippen LogP contribution in [0.4, 0.5) is 0 Å². The third-order valence-electron chi connectivity index (χ3n) is 6.86. The molecule has 0 bridgehead atoms. The molecule has 1 amide bonds. The Labute approximate surface area is 248 Å². The zero-order valence-corrected chi connectivity index (χ0v) is 25.1. The molecule has 1 aliphatic rings. The van der Waals surface area contributed by atoms with E-state index in [1.54, 1.807) is 16.7 Å². The van der Waals surface area contributed by atoms with Crippen molar-refractivity contribution in [1.82, 2.24) is 10.2 Å². The molecule has 1 aliphatic heterocycles. The van der Waals surface area contributed by atoms with Gasteiger partial charge < -0.3 is 19.7 Å². The number of nitrogens with one attached hydrogen (secondary N) is 1. The van der Waals surface area contributed by atoms with E-state index in [1.807, 2.05) is 75.4 Å². The third kappa shape index (κ3) is 10.3. The van der Waals surface area contributed by atoms with Gasteiger partial charge in [0.25, 0.3) is 0 Å². The maximum atomic E-state index is 13.9. The molecule has 1 heterocycles. The largest absolute Gasteiger partial charge is 0.459 e. The fourth-order valence-corrected chi connectivity index (χ4v) is 6.18. The number of carbonyl (C=O) groups excluding carboxylic acids is 2. The first-order valence-electron chi connectivity index (χ1n) is 14.4. The smallest absolute Gasteiger partial charge is 0.326 e. The third-order valence-corrected chi connectivity index (χ3v) is 8.21. The van der Waals surface area contributed by atoms with E-state index in [4.69, 9.17) is 9.47 Å². The van der Waals surface area contributed by atoms with Gasteiger partial charge in [-0.15, -0.1) is 11.8 Å². The lowest BCUT2D eigenvalue weighted by Gasteiger charge is -2.29. The highest BCUT2D eigenvalue weighted by atomic mass is 32.2. The van der Waals surface area contributed by atoms with Gasteiger partial charge in [-0.3, -0.25) is 9.59 Å². The summed E-state index contributed by atoms with van der Waals surface area (Å²) in [4.78, 5) is 28.4. The van der Waals surface area contributed by atoms with Crippen molar-refractivity contribution in [3.05, 3.63) is 108 Å². The fourth-order valence-electron chi connectivity index (χ4n) is 4.89. The number of hydrogen-bond donors (Lipinski definition) is 1. The molecular formula is C34H42N2O4S. The molecule has 3 atom stereocenters. The summed E-state index contributed by atoms with van der Waals surface area (Å²) in [6.07, 6.45) is 1.69. The Bertz CT molecular complexity index is 1220. The lowest BCUT2D eigenvalue weighted by atomic mass is 10.0. The molecule has 1 fully saturated rings.